The molecule has 1 rings (SSSR count). The second-order valence-corrected chi connectivity index (χ2v) is 5.31. The van der Waals surface area contributed by atoms with E-state index in [1.165, 1.54) is 0 Å². The molecule has 94 valence electrons. The predicted octanol–water partition coefficient (Wildman–Crippen LogP) is 3.63. The summed E-state index contributed by atoms with van der Waals surface area (Å²) in [6.45, 7) is 7.94. The van der Waals surface area contributed by atoms with Crippen molar-refractivity contribution in [3.63, 3.8) is 0 Å². The molecule has 0 saturated carbocycles. The van der Waals surface area contributed by atoms with Crippen LogP contribution < -0.4 is 4.90 Å². The van der Waals surface area contributed by atoms with E-state index in [1.807, 2.05) is 13.0 Å². The van der Waals surface area contributed by atoms with Crippen molar-refractivity contribution in [2.75, 3.05) is 18.0 Å². The minimum Gasteiger partial charge on any atom is -0.478 e. The molecule has 0 heterocycles. The molecule has 4 heteroatoms. The van der Waals surface area contributed by atoms with Gasteiger partial charge in [0.25, 0.3) is 0 Å². The van der Waals surface area contributed by atoms with Crippen LogP contribution in [0.25, 0.3) is 0 Å². The van der Waals surface area contributed by atoms with E-state index in [9.17, 15) is 9.90 Å². The van der Waals surface area contributed by atoms with Crippen molar-refractivity contribution >= 4 is 27.6 Å². The normalized spacial score (nSPS) is 10.6. The van der Waals surface area contributed by atoms with Gasteiger partial charge >= 0.3 is 5.97 Å². The molecule has 0 aliphatic rings. The van der Waals surface area contributed by atoms with Gasteiger partial charge in [0.15, 0.2) is 0 Å². The molecular formula is C13H18BrNO2. The Morgan fingerprint density at radius 3 is 2.59 bits per heavy atom. The highest BCUT2D eigenvalue weighted by Crippen LogP contribution is 2.26. The average Bonchev–Trinajstić information content (AvgIpc) is 2.25. The van der Waals surface area contributed by atoms with E-state index in [0.717, 1.165) is 23.2 Å². The van der Waals surface area contributed by atoms with Crippen molar-refractivity contribution in [3.8, 4) is 0 Å². The number of nitrogens with zero attached hydrogens (tertiary/aromatic N) is 1. The van der Waals surface area contributed by atoms with E-state index < -0.39 is 5.97 Å². The summed E-state index contributed by atoms with van der Waals surface area (Å²) in [6, 6.07) is 5.27. The lowest BCUT2D eigenvalue weighted by molar-refractivity contribution is 0.0697. The number of carboxylic acids is 1. The van der Waals surface area contributed by atoms with E-state index in [4.69, 9.17) is 0 Å². The third-order valence-corrected chi connectivity index (χ3v) is 2.99. The summed E-state index contributed by atoms with van der Waals surface area (Å²) in [5.41, 5.74) is 1.14. The fourth-order valence-electron chi connectivity index (χ4n) is 1.79. The maximum Gasteiger partial charge on any atom is 0.337 e. The number of rotatable bonds is 5. The summed E-state index contributed by atoms with van der Waals surface area (Å²) in [7, 11) is 0. The van der Waals surface area contributed by atoms with E-state index in [-0.39, 0.29) is 0 Å². The van der Waals surface area contributed by atoms with Crippen LogP contribution in [0.1, 0.15) is 31.1 Å². The van der Waals surface area contributed by atoms with Gasteiger partial charge in [0.1, 0.15) is 0 Å². The summed E-state index contributed by atoms with van der Waals surface area (Å²) in [5, 5.41) is 9.19. The monoisotopic (exact) mass is 299 g/mol. The lowest BCUT2D eigenvalue weighted by Crippen LogP contribution is -2.28. The number of hydrogen-bond donors (Lipinski definition) is 1. The quantitative estimate of drug-likeness (QED) is 0.902. The number of aromatic carboxylic acids is 1. The largest absolute Gasteiger partial charge is 0.478 e. The highest BCUT2D eigenvalue weighted by Gasteiger charge is 2.16. The van der Waals surface area contributed by atoms with Crippen LogP contribution in [0.2, 0.25) is 0 Å². The van der Waals surface area contributed by atoms with Crippen molar-refractivity contribution in [2.45, 2.75) is 20.8 Å². The lowest BCUT2D eigenvalue weighted by atomic mass is 10.1. The van der Waals surface area contributed by atoms with Gasteiger partial charge < -0.3 is 10.0 Å². The van der Waals surface area contributed by atoms with E-state index in [0.29, 0.717) is 11.5 Å². The van der Waals surface area contributed by atoms with Gasteiger partial charge in [-0.3, -0.25) is 0 Å². The zero-order chi connectivity index (χ0) is 13.0. The molecule has 0 aliphatic carbocycles. The van der Waals surface area contributed by atoms with E-state index in [2.05, 4.69) is 34.7 Å². The minimum atomic E-state index is -0.880. The molecule has 0 bridgehead atoms. The molecule has 17 heavy (non-hydrogen) atoms. The highest BCUT2D eigenvalue weighted by atomic mass is 79.9. The van der Waals surface area contributed by atoms with Crippen LogP contribution in [0.3, 0.4) is 0 Å². The first-order valence-electron chi connectivity index (χ1n) is 5.73. The van der Waals surface area contributed by atoms with Gasteiger partial charge in [0, 0.05) is 17.6 Å². The molecule has 0 saturated heterocycles. The predicted molar refractivity (Wildman–Crippen MR) is 73.8 cm³/mol. The Morgan fingerprint density at radius 1 is 1.47 bits per heavy atom. The molecule has 0 spiro atoms. The molecule has 1 N–H and O–H groups in total. The maximum absolute atomic E-state index is 11.2. The Labute approximate surface area is 111 Å². The molecule has 0 radical (unpaired) electrons. The SMILES string of the molecule is CCN(CC(C)C)c1cc(Br)ccc1C(=O)O. The second kappa shape index (κ2) is 6.05. The van der Waals surface area contributed by atoms with Gasteiger partial charge in [-0.15, -0.1) is 0 Å². The summed E-state index contributed by atoms with van der Waals surface area (Å²) in [5.74, 6) is -0.384. The number of anilines is 1. The Balaban J connectivity index is 3.15. The zero-order valence-corrected chi connectivity index (χ0v) is 12.0. The van der Waals surface area contributed by atoms with Gasteiger partial charge in [-0.2, -0.15) is 0 Å². The van der Waals surface area contributed by atoms with Crippen molar-refractivity contribution in [2.24, 2.45) is 5.92 Å². The van der Waals surface area contributed by atoms with E-state index >= 15 is 0 Å². The summed E-state index contributed by atoms with van der Waals surface area (Å²) in [4.78, 5) is 13.3. The molecule has 1 aromatic rings. The number of benzene rings is 1. The van der Waals surface area contributed by atoms with Crippen LogP contribution >= 0.6 is 15.9 Å². The molecular weight excluding hydrogens is 282 g/mol. The first-order chi connectivity index (χ1) is 7.95. The number of carbonyl (C=O) groups is 1. The molecule has 1 aromatic carbocycles. The first-order valence-corrected chi connectivity index (χ1v) is 6.52. The summed E-state index contributed by atoms with van der Waals surface area (Å²) in [6.07, 6.45) is 0. The standard InChI is InChI=1S/C13H18BrNO2/c1-4-15(8-9(2)3)12-7-10(14)5-6-11(12)13(16)17/h5-7,9H,4,8H2,1-3H3,(H,16,17). The van der Waals surface area contributed by atoms with Crippen molar-refractivity contribution < 1.29 is 9.90 Å². The van der Waals surface area contributed by atoms with E-state index in [1.54, 1.807) is 12.1 Å². The second-order valence-electron chi connectivity index (χ2n) is 4.40. The van der Waals surface area contributed by atoms with Crippen LogP contribution in [-0.2, 0) is 0 Å². The first kappa shape index (κ1) is 14.0. The molecule has 0 aliphatic heterocycles. The number of halogens is 1. The molecule has 0 amide bonds. The number of carboxylic acid groups (broad SMARTS) is 1. The van der Waals surface area contributed by atoms with Crippen LogP contribution in [0, 0.1) is 5.92 Å². The topological polar surface area (TPSA) is 40.5 Å². The van der Waals surface area contributed by atoms with Gasteiger partial charge in [-0.1, -0.05) is 29.8 Å². The summed E-state index contributed by atoms with van der Waals surface area (Å²) < 4.78 is 0.903. The molecule has 0 aromatic heterocycles. The van der Waals surface area contributed by atoms with Crippen LogP contribution in [-0.4, -0.2) is 24.2 Å². The van der Waals surface area contributed by atoms with Gasteiger partial charge in [-0.05, 0) is 31.0 Å². The fourth-order valence-corrected chi connectivity index (χ4v) is 2.13. The zero-order valence-electron chi connectivity index (χ0n) is 10.4. The number of hydrogen-bond acceptors (Lipinski definition) is 2. The van der Waals surface area contributed by atoms with Crippen LogP contribution in [0.5, 0.6) is 0 Å². The van der Waals surface area contributed by atoms with Gasteiger partial charge in [0.2, 0.25) is 0 Å². The maximum atomic E-state index is 11.2. The molecule has 0 fully saturated rings. The summed E-state index contributed by atoms with van der Waals surface area (Å²) >= 11 is 3.39. The van der Waals surface area contributed by atoms with Gasteiger partial charge in [0.05, 0.1) is 11.3 Å². The van der Waals surface area contributed by atoms with Crippen molar-refractivity contribution in [3.05, 3.63) is 28.2 Å². The third-order valence-electron chi connectivity index (χ3n) is 2.50. The third kappa shape index (κ3) is 3.73. The van der Waals surface area contributed by atoms with Crippen molar-refractivity contribution in [1.29, 1.82) is 0 Å². The Kier molecular flexibility index (Phi) is 5.00. The molecule has 0 atom stereocenters. The smallest absolute Gasteiger partial charge is 0.337 e. The average molecular weight is 300 g/mol. The van der Waals surface area contributed by atoms with Crippen LogP contribution in [0.15, 0.2) is 22.7 Å². The molecule has 0 unspecified atom stereocenters. The lowest BCUT2D eigenvalue weighted by Gasteiger charge is -2.26. The highest BCUT2D eigenvalue weighted by molar-refractivity contribution is 9.10. The Bertz CT molecular complexity index is 404. The Morgan fingerprint density at radius 2 is 2.12 bits per heavy atom. The minimum absolute atomic E-state index is 0.357. The molecule has 3 nitrogen and oxygen atoms in total. The van der Waals surface area contributed by atoms with Crippen molar-refractivity contribution in [1.82, 2.24) is 0 Å². The van der Waals surface area contributed by atoms with Gasteiger partial charge in [-0.25, -0.2) is 4.79 Å². The Hall–Kier alpha value is -1.03. The van der Waals surface area contributed by atoms with Crippen LogP contribution in [0.4, 0.5) is 5.69 Å². The fraction of sp³-hybridized carbons (Fsp3) is 0.462.